The number of carboxylic acids is 1. The quantitative estimate of drug-likeness (QED) is 0.0980. The van der Waals surface area contributed by atoms with Crippen molar-refractivity contribution in [3.8, 4) is 0 Å². The highest BCUT2D eigenvalue weighted by molar-refractivity contribution is 5.94. The number of anilines is 3. The Morgan fingerprint density at radius 2 is 1.31 bits per heavy atom. The Balaban J connectivity index is 1.25. The van der Waals surface area contributed by atoms with Gasteiger partial charge in [0.25, 0.3) is 5.91 Å². The number of ether oxygens (including phenoxy) is 2. The number of aromatic nitrogens is 3. The smallest absolute Gasteiger partial charge is 0.326 e. The number of rotatable bonds is 19. The zero-order valence-electron chi connectivity index (χ0n) is 25.2. The summed E-state index contributed by atoms with van der Waals surface area (Å²) in [4.78, 5) is 37.4. The fraction of sp³-hybridized carbons (Fsp3) is 0.303. The van der Waals surface area contributed by atoms with Crippen molar-refractivity contribution in [1.29, 1.82) is 0 Å². The second-order valence-electron chi connectivity index (χ2n) is 10.1. The Kier molecular flexibility index (Phi) is 13.1. The minimum absolute atomic E-state index is 0.135. The van der Waals surface area contributed by atoms with Gasteiger partial charge in [0.2, 0.25) is 17.8 Å². The summed E-state index contributed by atoms with van der Waals surface area (Å²) in [6.07, 6.45) is 0.256. The van der Waals surface area contributed by atoms with Gasteiger partial charge in [-0.1, -0.05) is 78.4 Å². The highest BCUT2D eigenvalue weighted by atomic mass is 16.5. The van der Waals surface area contributed by atoms with E-state index < -0.39 is 12.0 Å². The number of carbonyl (C=O) groups excluding carboxylic acids is 1. The second kappa shape index (κ2) is 17.9. The standard InChI is InChI=1S/C33H39N7O5/c1-24-12-14-26(15-13-24)23-36-32-38-31(39-33(40-32)37-28(30(42)43)22-25-8-4-2-5-9-25)35-17-19-45-21-20-44-18-16-34-29(41)27-10-6-3-7-11-27/h2-15,28H,16-23H2,1H3,(H,34,41)(H,42,43)(H3,35,36,37,38,39,40)/t28-/m0/s1. The number of benzene rings is 3. The van der Waals surface area contributed by atoms with Gasteiger partial charge in [-0.05, 0) is 30.2 Å². The van der Waals surface area contributed by atoms with E-state index in [9.17, 15) is 14.7 Å². The first-order valence-electron chi connectivity index (χ1n) is 14.8. The largest absolute Gasteiger partial charge is 0.480 e. The number of hydrogen-bond donors (Lipinski definition) is 5. The predicted octanol–water partition coefficient (Wildman–Crippen LogP) is 3.78. The van der Waals surface area contributed by atoms with E-state index in [0.717, 1.165) is 16.7 Å². The molecular formula is C33H39N7O5. The summed E-state index contributed by atoms with van der Waals surface area (Å²) in [5.41, 5.74) is 3.70. The van der Waals surface area contributed by atoms with E-state index >= 15 is 0 Å². The summed E-state index contributed by atoms with van der Waals surface area (Å²) in [7, 11) is 0. The van der Waals surface area contributed by atoms with Crippen LogP contribution in [-0.4, -0.2) is 77.5 Å². The summed E-state index contributed by atoms with van der Waals surface area (Å²) in [6.45, 7) is 4.81. The van der Waals surface area contributed by atoms with Crippen molar-refractivity contribution in [3.05, 3.63) is 107 Å². The summed E-state index contributed by atoms with van der Waals surface area (Å²) in [5.74, 6) is -0.445. The first-order valence-corrected chi connectivity index (χ1v) is 14.8. The number of aryl methyl sites for hydroxylation is 1. The molecule has 0 fully saturated rings. The highest BCUT2D eigenvalue weighted by Crippen LogP contribution is 2.14. The maximum absolute atomic E-state index is 12.1. The van der Waals surface area contributed by atoms with Crippen LogP contribution in [-0.2, 0) is 27.2 Å². The van der Waals surface area contributed by atoms with Crippen LogP contribution in [0.15, 0.2) is 84.9 Å². The van der Waals surface area contributed by atoms with Crippen molar-refractivity contribution in [2.75, 3.05) is 55.5 Å². The number of amides is 1. The molecule has 12 heteroatoms. The maximum Gasteiger partial charge on any atom is 0.326 e. The first-order chi connectivity index (χ1) is 22.0. The van der Waals surface area contributed by atoms with Crippen LogP contribution < -0.4 is 21.3 Å². The van der Waals surface area contributed by atoms with Crippen molar-refractivity contribution >= 4 is 29.7 Å². The van der Waals surface area contributed by atoms with Crippen molar-refractivity contribution < 1.29 is 24.2 Å². The van der Waals surface area contributed by atoms with Crippen molar-refractivity contribution in [1.82, 2.24) is 20.3 Å². The molecule has 4 rings (SSSR count). The third kappa shape index (κ3) is 11.9. The van der Waals surface area contributed by atoms with Crippen molar-refractivity contribution in [2.45, 2.75) is 25.9 Å². The van der Waals surface area contributed by atoms with E-state index in [1.54, 1.807) is 12.1 Å². The molecule has 12 nitrogen and oxygen atoms in total. The number of hydrogen-bond acceptors (Lipinski definition) is 10. The molecule has 1 atom stereocenters. The van der Waals surface area contributed by atoms with Crippen molar-refractivity contribution in [2.24, 2.45) is 0 Å². The van der Waals surface area contributed by atoms with Crippen LogP contribution in [0.5, 0.6) is 0 Å². The average Bonchev–Trinajstić information content (AvgIpc) is 3.05. The SMILES string of the molecule is Cc1ccc(CNc2nc(NCCOCCOCCNC(=O)c3ccccc3)nc(N[C@@H](Cc3ccccc3)C(=O)O)n2)cc1. The third-order valence-electron chi connectivity index (χ3n) is 6.56. The normalized spacial score (nSPS) is 11.4. The Labute approximate surface area is 262 Å². The number of carbonyl (C=O) groups is 2. The van der Waals surface area contributed by atoms with Gasteiger partial charge < -0.3 is 35.8 Å². The Morgan fingerprint density at radius 3 is 1.98 bits per heavy atom. The lowest BCUT2D eigenvalue weighted by Crippen LogP contribution is -2.32. The molecule has 0 aliphatic carbocycles. The fourth-order valence-corrected chi connectivity index (χ4v) is 4.18. The van der Waals surface area contributed by atoms with Crippen LogP contribution >= 0.6 is 0 Å². The third-order valence-corrected chi connectivity index (χ3v) is 6.56. The van der Waals surface area contributed by atoms with E-state index in [2.05, 4.69) is 36.2 Å². The molecule has 0 saturated heterocycles. The zero-order valence-corrected chi connectivity index (χ0v) is 25.2. The minimum Gasteiger partial charge on any atom is -0.480 e. The number of carboxylic acid groups (broad SMARTS) is 1. The second-order valence-corrected chi connectivity index (χ2v) is 10.1. The van der Waals surface area contributed by atoms with E-state index in [1.165, 1.54) is 0 Å². The van der Waals surface area contributed by atoms with Crippen LogP contribution in [0.1, 0.15) is 27.0 Å². The molecule has 3 aromatic carbocycles. The number of nitrogens with one attached hydrogen (secondary N) is 4. The molecule has 0 saturated carbocycles. The van der Waals surface area contributed by atoms with Crippen LogP contribution in [0.4, 0.5) is 17.8 Å². The van der Waals surface area contributed by atoms with Crippen LogP contribution in [0.2, 0.25) is 0 Å². The topological polar surface area (TPSA) is 160 Å². The molecular weight excluding hydrogens is 574 g/mol. The van der Waals surface area contributed by atoms with Crippen LogP contribution in [0.3, 0.4) is 0 Å². The van der Waals surface area contributed by atoms with Gasteiger partial charge in [0.1, 0.15) is 6.04 Å². The molecule has 0 spiro atoms. The minimum atomic E-state index is -1.02. The number of aliphatic carboxylic acids is 1. The maximum atomic E-state index is 12.1. The van der Waals surface area contributed by atoms with Gasteiger partial charge in [-0.15, -0.1) is 0 Å². The fourth-order valence-electron chi connectivity index (χ4n) is 4.18. The van der Waals surface area contributed by atoms with Gasteiger partial charge in [-0.3, -0.25) is 4.79 Å². The molecule has 0 aliphatic heterocycles. The molecule has 1 heterocycles. The average molecular weight is 614 g/mol. The van der Waals surface area contributed by atoms with Crippen LogP contribution in [0.25, 0.3) is 0 Å². The van der Waals surface area contributed by atoms with Gasteiger partial charge in [-0.25, -0.2) is 4.79 Å². The van der Waals surface area contributed by atoms with Crippen LogP contribution in [0, 0.1) is 6.92 Å². The molecule has 0 aliphatic rings. The Morgan fingerprint density at radius 1 is 0.711 bits per heavy atom. The lowest BCUT2D eigenvalue weighted by molar-refractivity contribution is -0.137. The lowest BCUT2D eigenvalue weighted by atomic mass is 10.1. The molecule has 1 amide bonds. The molecule has 45 heavy (non-hydrogen) atoms. The summed E-state index contributed by atoms with van der Waals surface area (Å²) < 4.78 is 11.2. The zero-order chi connectivity index (χ0) is 31.7. The monoisotopic (exact) mass is 613 g/mol. The molecule has 4 aromatic rings. The van der Waals surface area contributed by atoms with E-state index in [1.807, 2.05) is 79.7 Å². The molecule has 0 radical (unpaired) electrons. The van der Waals surface area contributed by atoms with E-state index in [-0.39, 0.29) is 24.2 Å². The van der Waals surface area contributed by atoms with E-state index in [4.69, 9.17) is 9.47 Å². The summed E-state index contributed by atoms with van der Waals surface area (Å²) in [6, 6.07) is 25.5. The Hall–Kier alpha value is -5.07. The Bertz CT molecular complexity index is 1470. The molecule has 0 bridgehead atoms. The molecule has 0 unspecified atom stereocenters. The van der Waals surface area contributed by atoms with Crippen molar-refractivity contribution in [3.63, 3.8) is 0 Å². The van der Waals surface area contributed by atoms with Gasteiger partial charge in [0.15, 0.2) is 0 Å². The summed E-state index contributed by atoms with van der Waals surface area (Å²) >= 11 is 0. The highest BCUT2D eigenvalue weighted by Gasteiger charge is 2.20. The first kappa shape index (κ1) is 32.8. The predicted molar refractivity (Wildman–Crippen MR) is 172 cm³/mol. The number of nitrogens with zero attached hydrogens (tertiary/aromatic N) is 3. The molecule has 5 N–H and O–H groups in total. The summed E-state index contributed by atoms with van der Waals surface area (Å²) in [5, 5.41) is 21.9. The molecule has 1 aromatic heterocycles. The van der Waals surface area contributed by atoms with Gasteiger partial charge in [-0.2, -0.15) is 15.0 Å². The van der Waals surface area contributed by atoms with Gasteiger partial charge in [0.05, 0.1) is 26.4 Å². The van der Waals surface area contributed by atoms with Gasteiger partial charge in [0, 0.05) is 31.6 Å². The lowest BCUT2D eigenvalue weighted by Gasteiger charge is -2.16. The van der Waals surface area contributed by atoms with E-state index in [0.29, 0.717) is 57.6 Å². The molecule has 236 valence electrons. The van der Waals surface area contributed by atoms with Gasteiger partial charge >= 0.3 is 5.97 Å².